The maximum atomic E-state index is 12.3. The number of hydrogen-bond donors (Lipinski definition) is 1. The summed E-state index contributed by atoms with van der Waals surface area (Å²) in [5, 5.41) is 8.86. The zero-order valence-corrected chi connectivity index (χ0v) is 10.7. The van der Waals surface area contributed by atoms with Gasteiger partial charge in [0, 0.05) is 19.6 Å². The van der Waals surface area contributed by atoms with Gasteiger partial charge in [-0.2, -0.15) is 0 Å². The average Bonchev–Trinajstić information content (AvgIpc) is 2.25. The van der Waals surface area contributed by atoms with Crippen molar-refractivity contribution in [2.75, 3.05) is 26.8 Å². The van der Waals surface area contributed by atoms with E-state index >= 15 is 0 Å². The number of aliphatic carboxylic acids is 1. The van der Waals surface area contributed by atoms with Crippen molar-refractivity contribution in [2.24, 2.45) is 0 Å². The summed E-state index contributed by atoms with van der Waals surface area (Å²) < 4.78 is 5.27. The largest absolute Gasteiger partial charge is 0.481 e. The molecule has 0 aromatic carbocycles. The first-order chi connectivity index (χ1) is 8.59. The Kier molecular flexibility index (Phi) is 4.06. The molecule has 1 unspecified atom stereocenters. The quantitative estimate of drug-likeness (QED) is 0.809. The molecule has 1 saturated heterocycles. The van der Waals surface area contributed by atoms with Crippen molar-refractivity contribution in [1.29, 1.82) is 0 Å². The van der Waals surface area contributed by atoms with Crippen molar-refractivity contribution in [3.8, 4) is 0 Å². The van der Waals surface area contributed by atoms with Crippen LogP contribution in [0.3, 0.4) is 0 Å². The Hall–Kier alpha value is -1.30. The molecular weight excluding hydrogens is 236 g/mol. The Morgan fingerprint density at radius 2 is 2.17 bits per heavy atom. The predicted molar refractivity (Wildman–Crippen MR) is 64.4 cm³/mol. The fourth-order valence-electron chi connectivity index (χ4n) is 2.41. The van der Waals surface area contributed by atoms with E-state index in [4.69, 9.17) is 9.84 Å². The van der Waals surface area contributed by atoms with Crippen molar-refractivity contribution < 1.29 is 19.4 Å². The molecule has 6 heteroatoms. The van der Waals surface area contributed by atoms with Gasteiger partial charge in [0.25, 0.3) is 0 Å². The minimum atomic E-state index is -0.894. The van der Waals surface area contributed by atoms with Gasteiger partial charge in [-0.1, -0.05) is 0 Å². The molecule has 0 aromatic rings. The van der Waals surface area contributed by atoms with Crippen LogP contribution in [0.25, 0.3) is 0 Å². The van der Waals surface area contributed by atoms with Crippen LogP contribution >= 0.6 is 0 Å². The van der Waals surface area contributed by atoms with Crippen LogP contribution in [-0.2, 0) is 9.53 Å². The van der Waals surface area contributed by atoms with E-state index in [9.17, 15) is 9.59 Å². The zero-order valence-electron chi connectivity index (χ0n) is 10.7. The summed E-state index contributed by atoms with van der Waals surface area (Å²) in [5.74, 6) is -0.894. The van der Waals surface area contributed by atoms with Gasteiger partial charge in [-0.15, -0.1) is 0 Å². The van der Waals surface area contributed by atoms with E-state index in [0.29, 0.717) is 25.8 Å². The summed E-state index contributed by atoms with van der Waals surface area (Å²) in [5.41, 5.74) is 0. The molecule has 1 heterocycles. The fraction of sp³-hybridized carbons (Fsp3) is 0.833. The molecule has 1 aliphatic carbocycles. The van der Waals surface area contributed by atoms with Crippen LogP contribution in [0, 0.1) is 0 Å². The summed E-state index contributed by atoms with van der Waals surface area (Å²) in [6.07, 6.45) is 3.22. The Morgan fingerprint density at radius 1 is 1.44 bits per heavy atom. The Balaban J connectivity index is 1.98. The standard InChI is InChI=1S/C12H20N2O4/c1-13(9-3-2-4-9)12(17)14-5-6-18-8-10(14)7-11(15)16/h9-10H,2-8H2,1H3,(H,15,16). The Bertz CT molecular complexity index is 330. The molecule has 0 aromatic heterocycles. The lowest BCUT2D eigenvalue weighted by atomic mass is 9.92. The molecule has 2 rings (SSSR count). The number of carboxylic acid groups (broad SMARTS) is 1. The minimum absolute atomic E-state index is 0.0513. The second kappa shape index (κ2) is 5.56. The first kappa shape index (κ1) is 13.1. The van der Waals surface area contributed by atoms with Crippen LogP contribution in [0.2, 0.25) is 0 Å². The highest BCUT2D eigenvalue weighted by Crippen LogP contribution is 2.25. The number of carboxylic acids is 1. The molecule has 0 spiro atoms. The topological polar surface area (TPSA) is 70.1 Å². The summed E-state index contributed by atoms with van der Waals surface area (Å²) in [4.78, 5) is 26.5. The number of ether oxygens (including phenoxy) is 1. The maximum Gasteiger partial charge on any atom is 0.320 e. The summed E-state index contributed by atoms with van der Waals surface area (Å²) in [6.45, 7) is 1.28. The first-order valence-electron chi connectivity index (χ1n) is 6.42. The first-order valence-corrected chi connectivity index (χ1v) is 6.42. The molecule has 2 fully saturated rings. The molecule has 2 aliphatic rings. The van der Waals surface area contributed by atoms with Gasteiger partial charge in [-0.05, 0) is 19.3 Å². The number of amides is 2. The molecule has 2 amide bonds. The number of carbonyl (C=O) groups is 2. The van der Waals surface area contributed by atoms with E-state index in [1.54, 1.807) is 16.8 Å². The van der Waals surface area contributed by atoms with Gasteiger partial charge >= 0.3 is 12.0 Å². The van der Waals surface area contributed by atoms with E-state index in [1.165, 1.54) is 6.42 Å². The Morgan fingerprint density at radius 3 is 2.72 bits per heavy atom. The van der Waals surface area contributed by atoms with Gasteiger partial charge in [0.1, 0.15) is 0 Å². The molecule has 0 bridgehead atoms. The summed E-state index contributed by atoms with van der Waals surface area (Å²) in [7, 11) is 1.81. The van der Waals surface area contributed by atoms with E-state index < -0.39 is 5.97 Å². The number of carbonyl (C=O) groups excluding carboxylic acids is 1. The Labute approximate surface area is 106 Å². The van der Waals surface area contributed by atoms with Crippen molar-refractivity contribution in [3.63, 3.8) is 0 Å². The second-order valence-electron chi connectivity index (χ2n) is 5.00. The van der Waals surface area contributed by atoms with E-state index in [0.717, 1.165) is 12.8 Å². The normalized spacial score (nSPS) is 24.5. The number of hydrogen-bond acceptors (Lipinski definition) is 3. The van der Waals surface area contributed by atoms with Crippen LogP contribution < -0.4 is 0 Å². The van der Waals surface area contributed by atoms with Crippen molar-refractivity contribution in [2.45, 2.75) is 37.8 Å². The van der Waals surface area contributed by atoms with Crippen LogP contribution in [0.15, 0.2) is 0 Å². The van der Waals surface area contributed by atoms with Gasteiger partial charge in [0.2, 0.25) is 0 Å². The summed E-state index contributed by atoms with van der Waals surface area (Å²) in [6, 6.07) is -0.0775. The molecule has 1 aliphatic heterocycles. The third-order valence-corrected chi connectivity index (χ3v) is 3.81. The van der Waals surface area contributed by atoms with E-state index in [1.807, 2.05) is 0 Å². The van der Waals surface area contributed by atoms with Gasteiger partial charge in [-0.3, -0.25) is 4.79 Å². The molecule has 18 heavy (non-hydrogen) atoms. The van der Waals surface area contributed by atoms with Crippen LogP contribution in [0.4, 0.5) is 4.79 Å². The van der Waals surface area contributed by atoms with E-state index in [-0.39, 0.29) is 18.5 Å². The number of nitrogens with zero attached hydrogens (tertiary/aromatic N) is 2. The summed E-state index contributed by atoms with van der Waals surface area (Å²) >= 11 is 0. The molecule has 1 N–H and O–H groups in total. The highest BCUT2D eigenvalue weighted by molar-refractivity contribution is 5.76. The maximum absolute atomic E-state index is 12.3. The lowest BCUT2D eigenvalue weighted by Crippen LogP contribution is -2.56. The molecule has 1 atom stereocenters. The highest BCUT2D eigenvalue weighted by atomic mass is 16.5. The number of rotatable bonds is 3. The average molecular weight is 256 g/mol. The van der Waals surface area contributed by atoms with Gasteiger partial charge in [0.05, 0.1) is 25.7 Å². The monoisotopic (exact) mass is 256 g/mol. The number of morpholine rings is 1. The fourth-order valence-corrected chi connectivity index (χ4v) is 2.41. The van der Waals surface area contributed by atoms with Gasteiger partial charge in [0.15, 0.2) is 0 Å². The van der Waals surface area contributed by atoms with Crippen LogP contribution in [0.5, 0.6) is 0 Å². The number of urea groups is 1. The highest BCUT2D eigenvalue weighted by Gasteiger charge is 2.34. The van der Waals surface area contributed by atoms with E-state index in [2.05, 4.69) is 0 Å². The van der Waals surface area contributed by atoms with Crippen LogP contribution in [-0.4, -0.2) is 65.8 Å². The molecule has 1 saturated carbocycles. The molecule has 102 valence electrons. The molecule has 6 nitrogen and oxygen atoms in total. The smallest absolute Gasteiger partial charge is 0.320 e. The predicted octanol–water partition coefficient (Wildman–Crippen LogP) is 0.766. The SMILES string of the molecule is CN(C(=O)N1CCOCC1CC(=O)O)C1CCC1. The molecular formula is C12H20N2O4. The van der Waals surface area contributed by atoms with Crippen LogP contribution in [0.1, 0.15) is 25.7 Å². The lowest BCUT2D eigenvalue weighted by molar-refractivity contribution is -0.139. The van der Waals surface area contributed by atoms with Crippen molar-refractivity contribution in [3.05, 3.63) is 0 Å². The third-order valence-electron chi connectivity index (χ3n) is 3.81. The lowest BCUT2D eigenvalue weighted by Gasteiger charge is -2.42. The third kappa shape index (κ3) is 2.75. The van der Waals surface area contributed by atoms with Crippen molar-refractivity contribution in [1.82, 2.24) is 9.80 Å². The van der Waals surface area contributed by atoms with Crippen molar-refractivity contribution >= 4 is 12.0 Å². The zero-order chi connectivity index (χ0) is 13.1. The molecule has 0 radical (unpaired) electrons. The second-order valence-corrected chi connectivity index (χ2v) is 5.00. The minimum Gasteiger partial charge on any atom is -0.481 e. The van der Waals surface area contributed by atoms with Gasteiger partial charge in [-0.25, -0.2) is 4.79 Å². The van der Waals surface area contributed by atoms with Gasteiger partial charge < -0.3 is 19.6 Å².